The number of hydrogen-bond donors (Lipinski definition) is 1. The van der Waals surface area contributed by atoms with Crippen LogP contribution in [0.1, 0.15) is 11.1 Å². The summed E-state index contributed by atoms with van der Waals surface area (Å²) in [7, 11) is 4.66. The van der Waals surface area contributed by atoms with Gasteiger partial charge in [-0.3, -0.25) is 0 Å². The van der Waals surface area contributed by atoms with Crippen LogP contribution in [0.3, 0.4) is 0 Å². The van der Waals surface area contributed by atoms with E-state index in [9.17, 15) is 10.0 Å². The lowest BCUT2D eigenvalue weighted by molar-refractivity contribution is 0.324. The Balaban J connectivity index is 2.05. The van der Waals surface area contributed by atoms with Crippen LogP contribution in [0.2, 0.25) is 0 Å². The van der Waals surface area contributed by atoms with Gasteiger partial charge < -0.3 is 19.3 Å². The number of methoxy groups -OCH3 is 3. The number of benzene rings is 3. The Morgan fingerprint density at radius 2 is 1.48 bits per heavy atom. The summed E-state index contributed by atoms with van der Waals surface area (Å²) >= 11 is 0. The molecule has 1 N–H and O–H groups in total. The zero-order chi connectivity index (χ0) is 21.0. The standard InChI is InChI=1S/C23H21NO5/c1-14(17-12-21(27-2)23(29-4)22(13-17)28-3)16-7-10-20(25)19(11-16)15-5-8-18(24-26)9-6-15/h5-13,25H,1H2,2-4H3. The summed E-state index contributed by atoms with van der Waals surface area (Å²) in [6.45, 7) is 4.20. The van der Waals surface area contributed by atoms with E-state index in [4.69, 9.17) is 14.2 Å². The SMILES string of the molecule is C=C(c1cc(OC)c(OC)c(OC)c1)c1ccc(O)c(-c2ccc(N=O)cc2)c1. The molecular formula is C23H21NO5. The molecule has 0 atom stereocenters. The van der Waals surface area contributed by atoms with Crippen molar-refractivity contribution in [3.05, 3.63) is 77.2 Å². The van der Waals surface area contributed by atoms with Crippen LogP contribution in [0, 0.1) is 4.91 Å². The van der Waals surface area contributed by atoms with Gasteiger partial charge in [0, 0.05) is 5.56 Å². The molecule has 0 radical (unpaired) electrons. The Morgan fingerprint density at radius 3 is 2.00 bits per heavy atom. The molecule has 0 heterocycles. The van der Waals surface area contributed by atoms with Crippen LogP contribution in [-0.4, -0.2) is 26.4 Å². The molecule has 29 heavy (non-hydrogen) atoms. The Bertz CT molecular complexity index is 1030. The summed E-state index contributed by atoms with van der Waals surface area (Å²) in [5, 5.41) is 13.2. The number of nitroso groups, excluding NO2 is 1. The zero-order valence-corrected chi connectivity index (χ0v) is 16.4. The molecule has 0 unspecified atom stereocenters. The molecule has 3 rings (SSSR count). The van der Waals surface area contributed by atoms with Gasteiger partial charge in [0.1, 0.15) is 11.4 Å². The average Bonchev–Trinajstić information content (AvgIpc) is 2.77. The number of phenols is 1. The van der Waals surface area contributed by atoms with Crippen LogP contribution in [0.5, 0.6) is 23.0 Å². The summed E-state index contributed by atoms with van der Waals surface area (Å²) in [5.74, 6) is 1.68. The predicted octanol–water partition coefficient (Wildman–Crippen LogP) is 5.54. The van der Waals surface area contributed by atoms with Crippen molar-refractivity contribution in [2.75, 3.05) is 21.3 Å². The molecule has 0 amide bonds. The molecule has 0 spiro atoms. The third kappa shape index (κ3) is 3.91. The minimum atomic E-state index is 0.123. The molecule has 0 fully saturated rings. The molecule has 0 saturated carbocycles. The molecule has 3 aromatic rings. The Labute approximate surface area is 169 Å². The zero-order valence-electron chi connectivity index (χ0n) is 16.4. The second-order valence-electron chi connectivity index (χ2n) is 6.26. The lowest BCUT2D eigenvalue weighted by Crippen LogP contribution is -1.97. The van der Waals surface area contributed by atoms with Crippen molar-refractivity contribution in [1.29, 1.82) is 0 Å². The topological polar surface area (TPSA) is 77.3 Å². The Hall–Kier alpha value is -3.80. The highest BCUT2D eigenvalue weighted by Crippen LogP contribution is 2.41. The molecule has 0 saturated heterocycles. The van der Waals surface area contributed by atoms with E-state index in [1.165, 1.54) is 0 Å². The van der Waals surface area contributed by atoms with Gasteiger partial charge in [-0.25, -0.2) is 0 Å². The van der Waals surface area contributed by atoms with Gasteiger partial charge in [0.05, 0.1) is 21.3 Å². The van der Waals surface area contributed by atoms with Crippen molar-refractivity contribution < 1.29 is 19.3 Å². The summed E-state index contributed by atoms with van der Waals surface area (Å²) < 4.78 is 16.2. The van der Waals surface area contributed by atoms with Crippen molar-refractivity contribution in [1.82, 2.24) is 0 Å². The first-order valence-corrected chi connectivity index (χ1v) is 8.78. The highest BCUT2D eigenvalue weighted by Gasteiger charge is 2.16. The number of hydrogen-bond acceptors (Lipinski definition) is 6. The van der Waals surface area contributed by atoms with Gasteiger partial charge in [0.2, 0.25) is 5.75 Å². The second kappa shape index (κ2) is 8.48. The molecule has 6 nitrogen and oxygen atoms in total. The molecule has 0 aliphatic carbocycles. The molecule has 6 heteroatoms. The van der Waals surface area contributed by atoms with E-state index in [-0.39, 0.29) is 5.75 Å². The van der Waals surface area contributed by atoms with E-state index in [1.54, 1.807) is 57.7 Å². The fourth-order valence-corrected chi connectivity index (χ4v) is 3.08. The monoisotopic (exact) mass is 391 g/mol. The van der Waals surface area contributed by atoms with Gasteiger partial charge in [-0.05, 0) is 63.8 Å². The fourth-order valence-electron chi connectivity index (χ4n) is 3.08. The van der Waals surface area contributed by atoms with Crippen molar-refractivity contribution in [3.63, 3.8) is 0 Å². The highest BCUT2D eigenvalue weighted by atomic mass is 16.5. The maximum Gasteiger partial charge on any atom is 0.203 e. The maximum atomic E-state index is 10.6. The Morgan fingerprint density at radius 1 is 0.862 bits per heavy atom. The first-order chi connectivity index (χ1) is 14.0. The summed E-state index contributed by atoms with van der Waals surface area (Å²) in [6.07, 6.45) is 0. The van der Waals surface area contributed by atoms with Gasteiger partial charge in [-0.2, -0.15) is 0 Å². The normalized spacial score (nSPS) is 10.3. The smallest absolute Gasteiger partial charge is 0.203 e. The van der Waals surface area contributed by atoms with Gasteiger partial charge in [0.25, 0.3) is 0 Å². The van der Waals surface area contributed by atoms with E-state index >= 15 is 0 Å². The molecule has 3 aromatic carbocycles. The fraction of sp³-hybridized carbons (Fsp3) is 0.130. The largest absolute Gasteiger partial charge is 0.507 e. The molecular weight excluding hydrogens is 370 g/mol. The van der Waals surface area contributed by atoms with Gasteiger partial charge >= 0.3 is 0 Å². The van der Waals surface area contributed by atoms with E-state index in [0.29, 0.717) is 28.5 Å². The van der Waals surface area contributed by atoms with Crippen LogP contribution < -0.4 is 14.2 Å². The number of aromatic hydroxyl groups is 1. The molecule has 0 bridgehead atoms. The summed E-state index contributed by atoms with van der Waals surface area (Å²) in [5.41, 5.74) is 4.02. The van der Waals surface area contributed by atoms with E-state index < -0.39 is 0 Å². The third-order valence-electron chi connectivity index (χ3n) is 4.64. The molecule has 0 aliphatic heterocycles. The van der Waals surface area contributed by atoms with E-state index in [1.807, 2.05) is 18.2 Å². The summed E-state index contributed by atoms with van der Waals surface area (Å²) in [6, 6.07) is 15.5. The highest BCUT2D eigenvalue weighted by molar-refractivity contribution is 5.84. The predicted molar refractivity (Wildman–Crippen MR) is 113 cm³/mol. The maximum absolute atomic E-state index is 10.6. The lowest BCUT2D eigenvalue weighted by Gasteiger charge is -2.16. The van der Waals surface area contributed by atoms with Crippen LogP contribution in [0.4, 0.5) is 5.69 Å². The van der Waals surface area contributed by atoms with Gasteiger partial charge in [-0.15, -0.1) is 4.91 Å². The number of rotatable bonds is 7. The van der Waals surface area contributed by atoms with E-state index in [0.717, 1.165) is 22.3 Å². The Kier molecular flexibility index (Phi) is 5.83. The molecule has 0 aromatic heterocycles. The van der Waals surface area contributed by atoms with Crippen molar-refractivity contribution >= 4 is 11.3 Å². The first-order valence-electron chi connectivity index (χ1n) is 8.78. The van der Waals surface area contributed by atoms with Crippen molar-refractivity contribution in [2.24, 2.45) is 5.18 Å². The molecule has 0 aliphatic rings. The quantitative estimate of drug-likeness (QED) is 0.535. The van der Waals surface area contributed by atoms with Crippen LogP contribution >= 0.6 is 0 Å². The van der Waals surface area contributed by atoms with Crippen molar-refractivity contribution in [3.8, 4) is 34.1 Å². The van der Waals surface area contributed by atoms with Gasteiger partial charge in [0.15, 0.2) is 11.5 Å². The van der Waals surface area contributed by atoms with Crippen LogP contribution in [0.15, 0.2) is 66.4 Å². The second-order valence-corrected chi connectivity index (χ2v) is 6.26. The lowest BCUT2D eigenvalue weighted by atomic mass is 9.94. The number of phenolic OH excluding ortho intramolecular Hbond substituents is 1. The third-order valence-corrected chi connectivity index (χ3v) is 4.64. The van der Waals surface area contributed by atoms with E-state index in [2.05, 4.69) is 11.8 Å². The minimum absolute atomic E-state index is 0.123. The van der Waals surface area contributed by atoms with Gasteiger partial charge in [-0.1, -0.05) is 24.8 Å². The molecule has 148 valence electrons. The summed E-state index contributed by atoms with van der Waals surface area (Å²) in [4.78, 5) is 10.6. The number of ether oxygens (including phenoxy) is 3. The van der Waals surface area contributed by atoms with Crippen LogP contribution in [-0.2, 0) is 0 Å². The van der Waals surface area contributed by atoms with Crippen LogP contribution in [0.25, 0.3) is 16.7 Å². The number of nitrogens with zero attached hydrogens (tertiary/aromatic N) is 1. The average molecular weight is 391 g/mol. The minimum Gasteiger partial charge on any atom is -0.507 e. The first kappa shape index (κ1) is 19.9. The van der Waals surface area contributed by atoms with Crippen molar-refractivity contribution in [2.45, 2.75) is 0 Å².